The summed E-state index contributed by atoms with van der Waals surface area (Å²) in [5, 5.41) is 0. The Morgan fingerprint density at radius 3 is 2.14 bits per heavy atom. The summed E-state index contributed by atoms with van der Waals surface area (Å²) in [4.78, 5) is 13.3. The minimum Gasteiger partial charge on any atom is -0.489 e. The lowest BCUT2D eigenvalue weighted by atomic mass is 10.2. The molecule has 2 rings (SSSR count). The SMILES string of the molecule is CCN(C)C(=O)COc1ccc(OCc2ccccc2)cc1. The standard InChI is InChI=1S/C18H21NO3/c1-3-19(2)18(20)14-22-17-11-9-16(10-12-17)21-13-15-7-5-4-6-8-15/h4-12H,3,13-14H2,1-2H3. The van der Waals surface area contributed by atoms with E-state index in [2.05, 4.69) is 0 Å². The summed E-state index contributed by atoms with van der Waals surface area (Å²) < 4.78 is 11.2. The molecule has 0 atom stereocenters. The molecule has 4 nitrogen and oxygen atoms in total. The highest BCUT2D eigenvalue weighted by Crippen LogP contribution is 2.18. The number of hydrogen-bond donors (Lipinski definition) is 0. The molecule has 0 radical (unpaired) electrons. The minimum atomic E-state index is -0.0353. The molecule has 1 amide bonds. The lowest BCUT2D eigenvalue weighted by Crippen LogP contribution is -2.31. The number of hydrogen-bond acceptors (Lipinski definition) is 3. The van der Waals surface area contributed by atoms with E-state index in [0.717, 1.165) is 11.3 Å². The fourth-order valence-corrected chi connectivity index (χ4v) is 1.80. The van der Waals surface area contributed by atoms with E-state index in [1.165, 1.54) is 0 Å². The summed E-state index contributed by atoms with van der Waals surface area (Å²) >= 11 is 0. The van der Waals surface area contributed by atoms with Gasteiger partial charge in [0.15, 0.2) is 6.61 Å². The van der Waals surface area contributed by atoms with E-state index in [4.69, 9.17) is 9.47 Å². The Morgan fingerprint density at radius 1 is 0.955 bits per heavy atom. The van der Waals surface area contributed by atoms with Gasteiger partial charge in [0.2, 0.25) is 0 Å². The molecule has 0 unspecified atom stereocenters. The average Bonchev–Trinajstić information content (AvgIpc) is 2.59. The van der Waals surface area contributed by atoms with Crippen molar-refractivity contribution in [1.82, 2.24) is 4.90 Å². The van der Waals surface area contributed by atoms with Crippen LogP contribution >= 0.6 is 0 Å². The van der Waals surface area contributed by atoms with E-state index in [1.807, 2.05) is 49.4 Å². The molecule has 0 fully saturated rings. The maximum absolute atomic E-state index is 11.6. The minimum absolute atomic E-state index is 0.0353. The van der Waals surface area contributed by atoms with Crippen molar-refractivity contribution < 1.29 is 14.3 Å². The van der Waals surface area contributed by atoms with Crippen LogP contribution < -0.4 is 9.47 Å². The van der Waals surface area contributed by atoms with Crippen LogP contribution in [0.15, 0.2) is 54.6 Å². The Kier molecular flexibility index (Phi) is 5.83. The first-order valence-corrected chi connectivity index (χ1v) is 7.32. The van der Waals surface area contributed by atoms with Crippen LogP contribution in [0.4, 0.5) is 0 Å². The van der Waals surface area contributed by atoms with Gasteiger partial charge >= 0.3 is 0 Å². The van der Waals surface area contributed by atoms with Crippen molar-refractivity contribution in [2.45, 2.75) is 13.5 Å². The first kappa shape index (κ1) is 15.9. The van der Waals surface area contributed by atoms with Gasteiger partial charge in [0.25, 0.3) is 5.91 Å². The second kappa shape index (κ2) is 8.08. The fraction of sp³-hybridized carbons (Fsp3) is 0.278. The van der Waals surface area contributed by atoms with Crippen LogP contribution in [0.5, 0.6) is 11.5 Å². The van der Waals surface area contributed by atoms with Gasteiger partial charge in [-0.1, -0.05) is 30.3 Å². The number of benzene rings is 2. The van der Waals surface area contributed by atoms with Gasteiger partial charge in [-0.25, -0.2) is 0 Å². The van der Waals surface area contributed by atoms with Crippen LogP contribution in [0.1, 0.15) is 12.5 Å². The molecular formula is C18H21NO3. The number of ether oxygens (including phenoxy) is 2. The van der Waals surface area contributed by atoms with Gasteiger partial charge in [-0.3, -0.25) is 4.79 Å². The third-order valence-corrected chi connectivity index (χ3v) is 3.33. The van der Waals surface area contributed by atoms with E-state index >= 15 is 0 Å². The molecule has 4 heteroatoms. The topological polar surface area (TPSA) is 38.8 Å². The first-order chi connectivity index (χ1) is 10.7. The van der Waals surface area contributed by atoms with Crippen LogP contribution in [-0.4, -0.2) is 31.0 Å². The van der Waals surface area contributed by atoms with E-state index in [9.17, 15) is 4.79 Å². The molecule has 0 saturated carbocycles. The van der Waals surface area contributed by atoms with Crippen molar-refractivity contribution in [1.29, 1.82) is 0 Å². The second-order valence-electron chi connectivity index (χ2n) is 4.94. The summed E-state index contributed by atoms with van der Waals surface area (Å²) in [6, 6.07) is 17.3. The van der Waals surface area contributed by atoms with Crippen LogP contribution in [0.3, 0.4) is 0 Å². The number of likely N-dealkylation sites (N-methyl/N-ethyl adjacent to an activating group) is 1. The Bertz CT molecular complexity index is 581. The van der Waals surface area contributed by atoms with Crippen molar-refractivity contribution in [2.75, 3.05) is 20.2 Å². The molecule has 0 aromatic heterocycles. The highest BCUT2D eigenvalue weighted by molar-refractivity contribution is 5.77. The van der Waals surface area contributed by atoms with Crippen LogP contribution in [0.25, 0.3) is 0 Å². The lowest BCUT2D eigenvalue weighted by molar-refractivity contribution is -0.131. The van der Waals surface area contributed by atoms with Gasteiger partial charge in [-0.2, -0.15) is 0 Å². The van der Waals surface area contributed by atoms with Crippen molar-refractivity contribution in [3.8, 4) is 11.5 Å². The largest absolute Gasteiger partial charge is 0.489 e. The number of amides is 1. The summed E-state index contributed by atoms with van der Waals surface area (Å²) in [5.74, 6) is 1.39. The summed E-state index contributed by atoms with van der Waals surface area (Å²) in [6.45, 7) is 3.18. The van der Waals surface area contributed by atoms with Gasteiger partial charge in [0.05, 0.1) is 0 Å². The zero-order valence-corrected chi connectivity index (χ0v) is 13.0. The van der Waals surface area contributed by atoms with Gasteiger partial charge in [0, 0.05) is 13.6 Å². The smallest absolute Gasteiger partial charge is 0.260 e. The predicted octanol–water partition coefficient (Wildman–Crippen LogP) is 3.12. The molecule has 0 bridgehead atoms. The molecule has 2 aromatic carbocycles. The molecule has 0 aliphatic rings. The Labute approximate surface area is 131 Å². The summed E-state index contributed by atoms with van der Waals surface area (Å²) in [5.41, 5.74) is 1.12. The van der Waals surface area contributed by atoms with Gasteiger partial charge in [-0.05, 0) is 36.8 Å². The molecule has 2 aromatic rings. The van der Waals surface area contributed by atoms with Crippen LogP contribution in [0.2, 0.25) is 0 Å². The van der Waals surface area contributed by atoms with Gasteiger partial charge in [-0.15, -0.1) is 0 Å². The molecule has 0 saturated heterocycles. The zero-order chi connectivity index (χ0) is 15.8. The Balaban J connectivity index is 1.81. The number of carbonyl (C=O) groups is 1. The zero-order valence-electron chi connectivity index (χ0n) is 13.0. The first-order valence-electron chi connectivity index (χ1n) is 7.32. The van der Waals surface area contributed by atoms with E-state index in [1.54, 1.807) is 24.1 Å². The van der Waals surface area contributed by atoms with E-state index in [0.29, 0.717) is 18.9 Å². The van der Waals surface area contributed by atoms with Gasteiger partial charge in [0.1, 0.15) is 18.1 Å². The number of nitrogens with zero attached hydrogens (tertiary/aromatic N) is 1. The maximum Gasteiger partial charge on any atom is 0.260 e. The molecule has 116 valence electrons. The molecule has 0 aliphatic carbocycles. The summed E-state index contributed by atoms with van der Waals surface area (Å²) in [7, 11) is 1.76. The van der Waals surface area contributed by atoms with E-state index < -0.39 is 0 Å². The number of rotatable bonds is 7. The highest BCUT2D eigenvalue weighted by Gasteiger charge is 2.07. The molecular weight excluding hydrogens is 278 g/mol. The highest BCUT2D eigenvalue weighted by atomic mass is 16.5. The number of carbonyl (C=O) groups excluding carboxylic acids is 1. The van der Waals surface area contributed by atoms with Crippen LogP contribution in [0, 0.1) is 0 Å². The average molecular weight is 299 g/mol. The normalized spacial score (nSPS) is 10.1. The molecule has 0 N–H and O–H groups in total. The molecule has 0 spiro atoms. The third kappa shape index (κ3) is 4.81. The lowest BCUT2D eigenvalue weighted by Gasteiger charge is -2.15. The van der Waals surface area contributed by atoms with Crippen molar-refractivity contribution in [3.63, 3.8) is 0 Å². The molecule has 22 heavy (non-hydrogen) atoms. The van der Waals surface area contributed by atoms with Crippen LogP contribution in [-0.2, 0) is 11.4 Å². The third-order valence-electron chi connectivity index (χ3n) is 3.33. The van der Waals surface area contributed by atoms with E-state index in [-0.39, 0.29) is 12.5 Å². The Morgan fingerprint density at radius 2 is 1.55 bits per heavy atom. The molecule has 0 aliphatic heterocycles. The predicted molar refractivity (Wildman–Crippen MR) is 86.0 cm³/mol. The van der Waals surface area contributed by atoms with Crippen molar-refractivity contribution >= 4 is 5.91 Å². The molecule has 0 heterocycles. The second-order valence-corrected chi connectivity index (χ2v) is 4.94. The quantitative estimate of drug-likeness (QED) is 0.788. The van der Waals surface area contributed by atoms with Crippen molar-refractivity contribution in [3.05, 3.63) is 60.2 Å². The van der Waals surface area contributed by atoms with Gasteiger partial charge < -0.3 is 14.4 Å². The maximum atomic E-state index is 11.6. The Hall–Kier alpha value is -2.49. The monoisotopic (exact) mass is 299 g/mol. The summed E-state index contributed by atoms with van der Waals surface area (Å²) in [6.07, 6.45) is 0. The van der Waals surface area contributed by atoms with Crippen molar-refractivity contribution in [2.24, 2.45) is 0 Å². The fourth-order valence-electron chi connectivity index (χ4n) is 1.80.